The van der Waals surface area contributed by atoms with Crippen LogP contribution >= 0.6 is 11.8 Å². The molecule has 0 N–H and O–H groups in total. The average Bonchev–Trinajstić information content (AvgIpc) is 3.11. The summed E-state index contributed by atoms with van der Waals surface area (Å²) >= 11 is 0.768. The molecule has 2 amide bonds. The van der Waals surface area contributed by atoms with E-state index in [0.29, 0.717) is 16.9 Å². The molecule has 9 heteroatoms. The zero-order valence-corrected chi connectivity index (χ0v) is 18.6. The van der Waals surface area contributed by atoms with E-state index in [2.05, 4.69) is 0 Å². The van der Waals surface area contributed by atoms with Crippen molar-refractivity contribution >= 4 is 40.5 Å². The first-order valence-corrected chi connectivity index (χ1v) is 11.0. The van der Waals surface area contributed by atoms with Crippen molar-refractivity contribution in [3.63, 3.8) is 0 Å². The third kappa shape index (κ3) is 5.21. The molecule has 1 aliphatic heterocycles. The number of nitro benzene ring substituents is 1. The number of carbonyl (C=O) groups is 3. The van der Waals surface area contributed by atoms with Gasteiger partial charge >= 0.3 is 0 Å². The highest BCUT2D eigenvalue weighted by Crippen LogP contribution is 2.34. The summed E-state index contributed by atoms with van der Waals surface area (Å²) in [5, 5.41) is 10.3. The van der Waals surface area contributed by atoms with Crippen LogP contribution in [0.15, 0.2) is 83.8 Å². The van der Waals surface area contributed by atoms with Crippen LogP contribution in [-0.2, 0) is 11.4 Å². The Labute approximate surface area is 199 Å². The van der Waals surface area contributed by atoms with Crippen LogP contribution < -0.4 is 4.74 Å². The summed E-state index contributed by atoms with van der Waals surface area (Å²) in [6.45, 7) is -0.166. The number of carbonyl (C=O) groups excluding carboxylic acids is 3. The number of hydrogen-bond acceptors (Lipinski definition) is 7. The van der Waals surface area contributed by atoms with E-state index in [0.717, 1.165) is 22.2 Å². The van der Waals surface area contributed by atoms with Gasteiger partial charge in [-0.2, -0.15) is 0 Å². The molecule has 0 spiro atoms. The number of amides is 2. The Morgan fingerprint density at radius 2 is 1.65 bits per heavy atom. The summed E-state index contributed by atoms with van der Waals surface area (Å²) in [6.07, 6.45) is 1.56. The highest BCUT2D eigenvalue weighted by atomic mass is 32.2. The van der Waals surface area contributed by atoms with E-state index in [1.165, 1.54) is 12.1 Å². The van der Waals surface area contributed by atoms with Gasteiger partial charge in [-0.25, -0.2) is 0 Å². The Balaban J connectivity index is 1.47. The lowest BCUT2D eigenvalue weighted by Gasteiger charge is -2.11. The van der Waals surface area contributed by atoms with Crippen LogP contribution in [0.25, 0.3) is 6.08 Å². The highest BCUT2D eigenvalue weighted by molar-refractivity contribution is 8.18. The Bertz CT molecular complexity index is 1290. The summed E-state index contributed by atoms with van der Waals surface area (Å²) in [6, 6.07) is 21.5. The molecule has 1 aliphatic rings. The Morgan fingerprint density at radius 3 is 2.35 bits per heavy atom. The van der Waals surface area contributed by atoms with Crippen molar-refractivity contribution in [1.29, 1.82) is 0 Å². The van der Waals surface area contributed by atoms with Gasteiger partial charge < -0.3 is 4.74 Å². The molecule has 4 rings (SSSR count). The van der Waals surface area contributed by atoms with Gasteiger partial charge in [0.15, 0.2) is 5.78 Å². The highest BCUT2D eigenvalue weighted by Gasteiger charge is 2.36. The van der Waals surface area contributed by atoms with Crippen molar-refractivity contribution in [2.45, 2.75) is 6.61 Å². The second-order valence-corrected chi connectivity index (χ2v) is 8.30. The number of hydrogen-bond donors (Lipinski definition) is 0. The fraction of sp³-hybridized carbons (Fsp3) is 0.0800. The zero-order valence-electron chi connectivity index (χ0n) is 17.7. The molecular formula is C25H18N2O6S. The summed E-state index contributed by atoms with van der Waals surface area (Å²) in [5.41, 5.74) is 1.74. The molecule has 0 aromatic heterocycles. The lowest BCUT2D eigenvalue weighted by atomic mass is 10.1. The first kappa shape index (κ1) is 22.9. The standard InChI is InChI=1S/C25H18N2O6S/c28-21(18-6-2-1-3-7-18)15-26-24(29)23(34-25(26)30)14-19-8-4-5-9-22(19)33-16-17-10-12-20(13-11-17)27(31)32/h1-14H,15-16H2/b23-14-. The van der Waals surface area contributed by atoms with Crippen LogP contribution in [0.1, 0.15) is 21.5 Å². The number of nitrogens with zero attached hydrogens (tertiary/aromatic N) is 2. The SMILES string of the molecule is O=C(CN1C(=O)S/C(=C\c2ccccc2OCc2ccc([N+](=O)[O-])cc2)C1=O)c1ccccc1. The van der Waals surface area contributed by atoms with E-state index in [1.807, 2.05) is 0 Å². The van der Waals surface area contributed by atoms with Gasteiger partial charge in [0.1, 0.15) is 12.4 Å². The summed E-state index contributed by atoms with van der Waals surface area (Å²) < 4.78 is 5.86. The van der Waals surface area contributed by atoms with E-state index < -0.39 is 16.1 Å². The number of rotatable bonds is 8. The minimum atomic E-state index is -0.538. The molecule has 1 fully saturated rings. The number of para-hydroxylation sites is 1. The van der Waals surface area contributed by atoms with Crippen molar-refractivity contribution in [2.75, 3.05) is 6.54 Å². The number of non-ortho nitro benzene ring substituents is 1. The second-order valence-electron chi connectivity index (χ2n) is 7.31. The molecule has 0 bridgehead atoms. The van der Waals surface area contributed by atoms with Crippen LogP contribution in [0.5, 0.6) is 5.75 Å². The van der Waals surface area contributed by atoms with Gasteiger partial charge in [0.2, 0.25) is 0 Å². The predicted octanol–water partition coefficient (Wildman–Crippen LogP) is 5.09. The zero-order chi connectivity index (χ0) is 24.1. The molecule has 170 valence electrons. The monoisotopic (exact) mass is 474 g/mol. The number of ether oxygens (including phenoxy) is 1. The van der Waals surface area contributed by atoms with Gasteiger partial charge in [-0.1, -0.05) is 48.5 Å². The van der Waals surface area contributed by atoms with Gasteiger partial charge in [0, 0.05) is 23.3 Å². The Morgan fingerprint density at radius 1 is 0.971 bits per heavy atom. The van der Waals surface area contributed by atoms with Crippen molar-refractivity contribution in [3.8, 4) is 5.75 Å². The minimum Gasteiger partial charge on any atom is -0.488 e. The molecule has 0 atom stereocenters. The number of imide groups is 1. The van der Waals surface area contributed by atoms with Crippen LogP contribution in [0, 0.1) is 10.1 Å². The van der Waals surface area contributed by atoms with Gasteiger partial charge in [0.05, 0.1) is 16.4 Å². The molecule has 34 heavy (non-hydrogen) atoms. The summed E-state index contributed by atoms with van der Waals surface area (Å²) in [7, 11) is 0. The van der Waals surface area contributed by atoms with E-state index in [4.69, 9.17) is 4.74 Å². The van der Waals surface area contributed by atoms with Crippen molar-refractivity contribution < 1.29 is 24.0 Å². The predicted molar refractivity (Wildman–Crippen MR) is 127 cm³/mol. The fourth-order valence-corrected chi connectivity index (χ4v) is 4.07. The van der Waals surface area contributed by atoms with E-state index in [1.54, 1.807) is 72.8 Å². The van der Waals surface area contributed by atoms with E-state index in [-0.39, 0.29) is 29.5 Å². The largest absolute Gasteiger partial charge is 0.488 e. The first-order valence-electron chi connectivity index (χ1n) is 10.2. The third-order valence-corrected chi connectivity index (χ3v) is 5.93. The molecular weight excluding hydrogens is 456 g/mol. The smallest absolute Gasteiger partial charge is 0.293 e. The number of nitro groups is 1. The van der Waals surface area contributed by atoms with Crippen LogP contribution in [0.2, 0.25) is 0 Å². The molecule has 8 nitrogen and oxygen atoms in total. The van der Waals surface area contributed by atoms with Gasteiger partial charge in [-0.3, -0.25) is 29.4 Å². The number of ketones is 1. The van der Waals surface area contributed by atoms with Crippen LogP contribution in [0.4, 0.5) is 10.5 Å². The fourth-order valence-electron chi connectivity index (χ4n) is 3.24. The third-order valence-electron chi connectivity index (χ3n) is 5.02. The summed E-state index contributed by atoms with van der Waals surface area (Å²) in [4.78, 5) is 49.2. The molecule has 3 aromatic rings. The van der Waals surface area contributed by atoms with Crippen LogP contribution in [0.3, 0.4) is 0 Å². The summed E-state index contributed by atoms with van der Waals surface area (Å²) in [5.74, 6) is -0.381. The maximum Gasteiger partial charge on any atom is 0.293 e. The number of benzene rings is 3. The Kier molecular flexibility index (Phi) is 6.84. The molecule has 0 radical (unpaired) electrons. The first-order chi connectivity index (χ1) is 16.4. The maximum atomic E-state index is 12.8. The molecule has 1 heterocycles. The minimum absolute atomic E-state index is 0.00868. The van der Waals surface area contributed by atoms with E-state index >= 15 is 0 Å². The van der Waals surface area contributed by atoms with Gasteiger partial charge in [-0.15, -0.1) is 0 Å². The average molecular weight is 474 g/mol. The molecule has 1 saturated heterocycles. The molecule has 0 unspecified atom stereocenters. The quantitative estimate of drug-likeness (QED) is 0.194. The second kappa shape index (κ2) is 10.1. The molecule has 0 aliphatic carbocycles. The lowest BCUT2D eigenvalue weighted by molar-refractivity contribution is -0.384. The normalized spacial score (nSPS) is 14.5. The van der Waals surface area contributed by atoms with E-state index in [9.17, 15) is 24.5 Å². The van der Waals surface area contributed by atoms with Gasteiger partial charge in [0.25, 0.3) is 16.8 Å². The maximum absolute atomic E-state index is 12.8. The number of thioether (sulfide) groups is 1. The molecule has 0 saturated carbocycles. The van der Waals surface area contributed by atoms with Crippen molar-refractivity contribution in [2.24, 2.45) is 0 Å². The topological polar surface area (TPSA) is 107 Å². The number of Topliss-reactive ketones (excluding diaryl/α,β-unsaturated/α-hetero) is 1. The van der Waals surface area contributed by atoms with Crippen LogP contribution in [-0.4, -0.2) is 33.3 Å². The van der Waals surface area contributed by atoms with Crippen molar-refractivity contribution in [1.82, 2.24) is 4.90 Å². The molecule has 3 aromatic carbocycles. The van der Waals surface area contributed by atoms with Crippen molar-refractivity contribution in [3.05, 3.63) is 111 Å². The Hall–Kier alpha value is -4.24. The lowest BCUT2D eigenvalue weighted by Crippen LogP contribution is -2.33. The van der Waals surface area contributed by atoms with Gasteiger partial charge in [-0.05, 0) is 41.6 Å².